The van der Waals surface area contributed by atoms with Crippen LogP contribution in [0.5, 0.6) is 0 Å². The van der Waals surface area contributed by atoms with Gasteiger partial charge in [0.25, 0.3) is 0 Å². The lowest BCUT2D eigenvalue weighted by Crippen LogP contribution is -2.26. The summed E-state index contributed by atoms with van der Waals surface area (Å²) >= 11 is 1.23. The summed E-state index contributed by atoms with van der Waals surface area (Å²) in [6, 6.07) is 0. The van der Waals surface area contributed by atoms with Crippen molar-refractivity contribution in [2.24, 2.45) is 0 Å². The summed E-state index contributed by atoms with van der Waals surface area (Å²) in [4.78, 5) is 0.582. The monoisotopic (exact) mass is 276 g/mol. The van der Waals surface area contributed by atoms with Gasteiger partial charge in [0.1, 0.15) is 5.76 Å². The van der Waals surface area contributed by atoms with Crippen LogP contribution in [0.25, 0.3) is 0 Å². The van der Waals surface area contributed by atoms with Crippen LogP contribution in [0, 0.1) is 0 Å². The molecule has 0 heterocycles. The molecule has 16 heavy (non-hydrogen) atoms. The SMILES string of the molecule is CSC1=C(OS(=O)(=O)C(F)(F)F)CCCC1. The summed E-state index contributed by atoms with van der Waals surface area (Å²) < 4.78 is 62.0. The number of thioether (sulfide) groups is 1. The molecular weight excluding hydrogens is 265 g/mol. The van der Waals surface area contributed by atoms with Crippen LogP contribution in [0.1, 0.15) is 25.7 Å². The van der Waals surface area contributed by atoms with E-state index in [1.54, 1.807) is 6.26 Å². The third-order valence-electron chi connectivity index (χ3n) is 2.11. The van der Waals surface area contributed by atoms with Crippen molar-refractivity contribution in [3.05, 3.63) is 10.7 Å². The summed E-state index contributed by atoms with van der Waals surface area (Å²) in [7, 11) is -5.51. The second kappa shape index (κ2) is 4.87. The molecule has 94 valence electrons. The number of allylic oxidation sites excluding steroid dienone is 2. The van der Waals surface area contributed by atoms with Crippen molar-refractivity contribution in [2.75, 3.05) is 6.26 Å². The molecular formula is C8H11F3O3S2. The molecule has 0 aromatic rings. The number of alkyl halides is 3. The molecule has 0 saturated heterocycles. The zero-order valence-electron chi connectivity index (χ0n) is 8.50. The van der Waals surface area contributed by atoms with Crippen LogP contribution >= 0.6 is 11.8 Å². The van der Waals surface area contributed by atoms with Gasteiger partial charge in [-0.2, -0.15) is 21.6 Å². The van der Waals surface area contributed by atoms with E-state index in [0.29, 0.717) is 17.7 Å². The van der Waals surface area contributed by atoms with Crippen molar-refractivity contribution in [1.82, 2.24) is 0 Å². The first kappa shape index (κ1) is 13.7. The lowest BCUT2D eigenvalue weighted by atomic mass is 10.1. The van der Waals surface area contributed by atoms with E-state index in [-0.39, 0.29) is 12.2 Å². The molecule has 0 aromatic heterocycles. The summed E-state index contributed by atoms with van der Waals surface area (Å²) in [5, 5.41) is 0. The van der Waals surface area contributed by atoms with Crippen molar-refractivity contribution in [3.8, 4) is 0 Å². The molecule has 0 unspecified atom stereocenters. The molecule has 0 N–H and O–H groups in total. The first-order chi connectivity index (χ1) is 7.28. The third-order valence-corrected chi connectivity index (χ3v) is 4.02. The molecule has 1 rings (SSSR count). The van der Waals surface area contributed by atoms with Gasteiger partial charge in [0.15, 0.2) is 0 Å². The molecule has 8 heteroatoms. The average Bonchev–Trinajstić information content (AvgIpc) is 2.16. The van der Waals surface area contributed by atoms with Crippen LogP contribution in [0.15, 0.2) is 10.7 Å². The van der Waals surface area contributed by atoms with Crippen molar-refractivity contribution in [1.29, 1.82) is 0 Å². The van der Waals surface area contributed by atoms with E-state index in [2.05, 4.69) is 4.18 Å². The van der Waals surface area contributed by atoms with E-state index < -0.39 is 15.6 Å². The maximum atomic E-state index is 12.1. The fraction of sp³-hybridized carbons (Fsp3) is 0.750. The Morgan fingerprint density at radius 3 is 2.31 bits per heavy atom. The zero-order chi connectivity index (χ0) is 12.4. The fourth-order valence-electron chi connectivity index (χ4n) is 1.33. The van der Waals surface area contributed by atoms with Crippen molar-refractivity contribution < 1.29 is 25.8 Å². The standard InChI is InChI=1S/C8H11F3O3S2/c1-15-7-5-3-2-4-6(7)14-16(12,13)8(9,10)11/h2-5H2,1H3. The Morgan fingerprint density at radius 2 is 1.81 bits per heavy atom. The first-order valence-corrected chi connectivity index (χ1v) is 7.18. The Bertz CT molecular complexity index is 384. The van der Waals surface area contributed by atoms with Crippen LogP contribution in [-0.4, -0.2) is 20.2 Å². The molecule has 0 atom stereocenters. The molecule has 0 fully saturated rings. The van der Waals surface area contributed by atoms with E-state index in [1.165, 1.54) is 11.8 Å². The molecule has 0 aromatic carbocycles. The van der Waals surface area contributed by atoms with E-state index in [9.17, 15) is 21.6 Å². The summed E-state index contributed by atoms with van der Waals surface area (Å²) in [5.41, 5.74) is -5.36. The van der Waals surface area contributed by atoms with Gasteiger partial charge in [-0.1, -0.05) is 0 Å². The Kier molecular flexibility index (Phi) is 4.17. The van der Waals surface area contributed by atoms with E-state index >= 15 is 0 Å². The number of rotatable bonds is 3. The van der Waals surface area contributed by atoms with Crippen LogP contribution < -0.4 is 0 Å². The summed E-state index contributed by atoms with van der Waals surface area (Å²) in [5.74, 6) is -0.0592. The molecule has 1 aliphatic rings. The molecule has 0 saturated carbocycles. The fourth-order valence-corrected chi connectivity index (χ4v) is 2.65. The van der Waals surface area contributed by atoms with Crippen molar-refractivity contribution >= 4 is 21.9 Å². The number of hydrogen-bond acceptors (Lipinski definition) is 4. The quantitative estimate of drug-likeness (QED) is 0.587. The van der Waals surface area contributed by atoms with Crippen LogP contribution in [0.2, 0.25) is 0 Å². The molecule has 0 radical (unpaired) electrons. The highest BCUT2D eigenvalue weighted by Gasteiger charge is 2.49. The molecule has 0 amide bonds. The molecule has 3 nitrogen and oxygen atoms in total. The highest BCUT2D eigenvalue weighted by atomic mass is 32.2. The molecule has 0 spiro atoms. The van der Waals surface area contributed by atoms with Gasteiger partial charge in [-0.25, -0.2) is 0 Å². The second-order valence-corrected chi connectivity index (χ2v) is 5.68. The lowest BCUT2D eigenvalue weighted by molar-refractivity contribution is -0.0524. The number of halogens is 3. The van der Waals surface area contributed by atoms with Gasteiger partial charge in [-0.05, 0) is 25.5 Å². The summed E-state index contributed by atoms with van der Waals surface area (Å²) in [6.07, 6.45) is 3.99. The van der Waals surface area contributed by atoms with Gasteiger partial charge in [0.05, 0.1) is 0 Å². The Hall–Kier alpha value is -0.370. The predicted molar refractivity (Wildman–Crippen MR) is 55.1 cm³/mol. The molecule has 1 aliphatic carbocycles. The Balaban J connectivity index is 2.92. The van der Waals surface area contributed by atoms with E-state index in [1.807, 2.05) is 0 Å². The van der Waals surface area contributed by atoms with Gasteiger partial charge in [-0.15, -0.1) is 11.8 Å². The maximum Gasteiger partial charge on any atom is 0.534 e. The third kappa shape index (κ3) is 3.07. The smallest absolute Gasteiger partial charge is 0.380 e. The first-order valence-electron chi connectivity index (χ1n) is 4.54. The van der Waals surface area contributed by atoms with Gasteiger partial charge in [0.2, 0.25) is 0 Å². The predicted octanol–water partition coefficient (Wildman–Crippen LogP) is 3.00. The normalized spacial score (nSPS) is 18.8. The average molecular weight is 276 g/mol. The van der Waals surface area contributed by atoms with Crippen LogP contribution in [0.4, 0.5) is 13.2 Å². The van der Waals surface area contributed by atoms with E-state index in [0.717, 1.165) is 6.42 Å². The van der Waals surface area contributed by atoms with Crippen LogP contribution in [-0.2, 0) is 14.3 Å². The highest BCUT2D eigenvalue weighted by molar-refractivity contribution is 8.02. The van der Waals surface area contributed by atoms with Gasteiger partial charge in [0, 0.05) is 11.3 Å². The van der Waals surface area contributed by atoms with Crippen molar-refractivity contribution in [2.45, 2.75) is 31.2 Å². The minimum absolute atomic E-state index is 0.0592. The van der Waals surface area contributed by atoms with Crippen molar-refractivity contribution in [3.63, 3.8) is 0 Å². The van der Waals surface area contributed by atoms with E-state index in [4.69, 9.17) is 0 Å². The minimum Gasteiger partial charge on any atom is -0.380 e. The lowest BCUT2D eigenvalue weighted by Gasteiger charge is -2.19. The molecule has 0 bridgehead atoms. The van der Waals surface area contributed by atoms with Gasteiger partial charge < -0.3 is 4.18 Å². The molecule has 0 aliphatic heterocycles. The second-order valence-electron chi connectivity index (χ2n) is 3.24. The minimum atomic E-state index is -5.51. The zero-order valence-corrected chi connectivity index (χ0v) is 10.1. The van der Waals surface area contributed by atoms with Gasteiger partial charge in [-0.3, -0.25) is 0 Å². The summed E-state index contributed by atoms with van der Waals surface area (Å²) in [6.45, 7) is 0. The Labute approximate surface area is 96.2 Å². The number of hydrogen-bond donors (Lipinski definition) is 0. The van der Waals surface area contributed by atoms with Gasteiger partial charge >= 0.3 is 15.6 Å². The maximum absolute atomic E-state index is 12.1. The largest absolute Gasteiger partial charge is 0.534 e. The van der Waals surface area contributed by atoms with Crippen LogP contribution in [0.3, 0.4) is 0 Å². The highest BCUT2D eigenvalue weighted by Crippen LogP contribution is 2.35. The topological polar surface area (TPSA) is 43.4 Å². The Morgan fingerprint density at radius 1 is 1.25 bits per heavy atom.